The predicted octanol–water partition coefficient (Wildman–Crippen LogP) is 6.13. The van der Waals surface area contributed by atoms with E-state index in [0.717, 1.165) is 11.3 Å². The highest BCUT2D eigenvalue weighted by Gasteiger charge is 1.91. The van der Waals surface area contributed by atoms with Crippen molar-refractivity contribution in [1.82, 2.24) is 0 Å². The Bertz CT molecular complexity index is 275. The Morgan fingerprint density at radius 1 is 0.941 bits per heavy atom. The van der Waals surface area contributed by atoms with Crippen molar-refractivity contribution in [3.8, 4) is 0 Å². The summed E-state index contributed by atoms with van der Waals surface area (Å²) in [5.74, 6) is 0. The molecule has 0 saturated carbocycles. The van der Waals surface area contributed by atoms with Crippen LogP contribution in [0.1, 0.15) is 54.0 Å². The Labute approximate surface area is 108 Å². The Hall–Kier alpha value is -1.37. The van der Waals surface area contributed by atoms with E-state index in [1.807, 2.05) is 78.8 Å². The Balaban J connectivity index is -0.000000285. The van der Waals surface area contributed by atoms with Crippen molar-refractivity contribution in [1.29, 1.82) is 0 Å². The topological polar surface area (TPSA) is 12.4 Å². The van der Waals surface area contributed by atoms with Crippen LogP contribution in [0.25, 0.3) is 6.08 Å². The van der Waals surface area contributed by atoms with Gasteiger partial charge in [-0.1, -0.05) is 72.4 Å². The van der Waals surface area contributed by atoms with Crippen molar-refractivity contribution in [3.05, 3.63) is 36.4 Å². The number of nitrogens with zero attached hydrogens (tertiary/aromatic N) is 1. The van der Waals surface area contributed by atoms with Crippen LogP contribution in [0.5, 0.6) is 0 Å². The molecule has 0 fully saturated rings. The van der Waals surface area contributed by atoms with Gasteiger partial charge in [0, 0.05) is 6.21 Å². The van der Waals surface area contributed by atoms with Crippen LogP contribution in [0.15, 0.2) is 35.8 Å². The molecule has 17 heavy (non-hydrogen) atoms. The second-order valence-electron chi connectivity index (χ2n) is 2.15. The molecule has 0 aromatic heterocycles. The van der Waals surface area contributed by atoms with Crippen molar-refractivity contribution in [2.75, 3.05) is 0 Å². The molecule has 98 valence electrons. The summed E-state index contributed by atoms with van der Waals surface area (Å²) in [6.45, 7) is 17.6. The summed E-state index contributed by atoms with van der Waals surface area (Å²) in [6, 6.07) is 7.91. The van der Waals surface area contributed by atoms with Crippen molar-refractivity contribution in [2.45, 2.75) is 48.5 Å². The van der Waals surface area contributed by atoms with Crippen LogP contribution in [0.3, 0.4) is 0 Å². The minimum Gasteiger partial charge on any atom is -0.261 e. The summed E-state index contributed by atoms with van der Waals surface area (Å²) in [7, 11) is 0. The smallest absolute Gasteiger partial charge is 0.0697 e. The monoisotopic (exact) mass is 235 g/mol. The number of aliphatic imine (C=N–C) groups is 1. The van der Waals surface area contributed by atoms with E-state index in [9.17, 15) is 0 Å². The molecule has 1 nitrogen and oxygen atoms in total. The van der Waals surface area contributed by atoms with Crippen LogP contribution in [0.4, 0.5) is 5.69 Å². The average Bonchev–Trinajstić information content (AvgIpc) is 2.46. The van der Waals surface area contributed by atoms with Gasteiger partial charge in [0.25, 0.3) is 0 Å². The first-order valence-electron chi connectivity index (χ1n) is 6.58. The van der Waals surface area contributed by atoms with Gasteiger partial charge >= 0.3 is 0 Å². The van der Waals surface area contributed by atoms with E-state index < -0.39 is 0 Å². The third kappa shape index (κ3) is 10.9. The molecular weight excluding hydrogens is 206 g/mol. The normalized spacial score (nSPS) is 7.71. The molecule has 0 radical (unpaired) electrons. The molecule has 0 N–H and O–H groups in total. The van der Waals surface area contributed by atoms with Gasteiger partial charge in [-0.15, -0.1) is 0 Å². The largest absolute Gasteiger partial charge is 0.261 e. The van der Waals surface area contributed by atoms with E-state index in [1.54, 1.807) is 6.21 Å². The molecule has 0 heterocycles. The molecule has 0 aliphatic carbocycles. The SMILES string of the molecule is C=Cc1ccccc1N=CC.CC.CC.CC. The van der Waals surface area contributed by atoms with Crippen molar-refractivity contribution in [2.24, 2.45) is 4.99 Å². The molecule has 1 aromatic rings. The van der Waals surface area contributed by atoms with Crippen molar-refractivity contribution in [3.63, 3.8) is 0 Å². The lowest BCUT2D eigenvalue weighted by atomic mass is 10.2. The van der Waals surface area contributed by atoms with E-state index in [1.165, 1.54) is 0 Å². The standard InChI is InChI=1S/C10H11N.3C2H6/c1-3-9-7-5-6-8-10(9)11-4-2;3*1-2/h3-8H,1H2,2H3;3*1-2H3. The van der Waals surface area contributed by atoms with Gasteiger partial charge in [-0.3, -0.25) is 4.99 Å². The second kappa shape index (κ2) is 20.1. The van der Waals surface area contributed by atoms with E-state index in [4.69, 9.17) is 0 Å². The zero-order valence-electron chi connectivity index (χ0n) is 12.6. The number of benzene rings is 1. The maximum absolute atomic E-state index is 4.18. The van der Waals surface area contributed by atoms with Crippen LogP contribution < -0.4 is 0 Å². The second-order valence-corrected chi connectivity index (χ2v) is 2.15. The minimum atomic E-state index is 0.977. The van der Waals surface area contributed by atoms with Crippen molar-refractivity contribution >= 4 is 18.0 Å². The number of para-hydroxylation sites is 1. The van der Waals surface area contributed by atoms with Crippen LogP contribution in [-0.2, 0) is 0 Å². The van der Waals surface area contributed by atoms with Gasteiger partial charge in [0.2, 0.25) is 0 Å². The maximum Gasteiger partial charge on any atom is 0.0697 e. The fraction of sp³-hybridized carbons (Fsp3) is 0.438. The van der Waals surface area contributed by atoms with Gasteiger partial charge in [0.15, 0.2) is 0 Å². The van der Waals surface area contributed by atoms with E-state index in [2.05, 4.69) is 11.6 Å². The van der Waals surface area contributed by atoms with Gasteiger partial charge in [-0.05, 0) is 18.6 Å². The van der Waals surface area contributed by atoms with Crippen LogP contribution in [0.2, 0.25) is 0 Å². The number of hydrogen-bond acceptors (Lipinski definition) is 1. The highest BCUT2D eigenvalue weighted by atomic mass is 14.7. The summed E-state index contributed by atoms with van der Waals surface area (Å²) in [5.41, 5.74) is 2.05. The zero-order chi connectivity index (χ0) is 14.1. The van der Waals surface area contributed by atoms with Gasteiger partial charge in [0.1, 0.15) is 0 Å². The average molecular weight is 235 g/mol. The van der Waals surface area contributed by atoms with Gasteiger partial charge in [0.05, 0.1) is 5.69 Å². The summed E-state index contributed by atoms with van der Waals surface area (Å²) in [4.78, 5) is 4.18. The lowest BCUT2D eigenvalue weighted by Crippen LogP contribution is -1.72. The lowest BCUT2D eigenvalue weighted by molar-refractivity contribution is 1.50. The Morgan fingerprint density at radius 3 is 1.82 bits per heavy atom. The minimum absolute atomic E-state index is 0.977. The molecule has 0 spiro atoms. The highest BCUT2D eigenvalue weighted by molar-refractivity contribution is 5.68. The molecule has 1 heteroatoms. The highest BCUT2D eigenvalue weighted by Crippen LogP contribution is 2.18. The first-order valence-corrected chi connectivity index (χ1v) is 6.58. The summed E-state index contributed by atoms with van der Waals surface area (Å²) in [6.07, 6.45) is 3.59. The fourth-order valence-corrected chi connectivity index (χ4v) is 0.917. The number of hydrogen-bond donors (Lipinski definition) is 0. The summed E-state index contributed by atoms with van der Waals surface area (Å²) >= 11 is 0. The van der Waals surface area contributed by atoms with Crippen molar-refractivity contribution < 1.29 is 0 Å². The van der Waals surface area contributed by atoms with Crippen LogP contribution in [-0.4, -0.2) is 6.21 Å². The first-order chi connectivity index (χ1) is 8.38. The molecule has 0 bridgehead atoms. The molecule has 0 unspecified atom stereocenters. The first kappa shape index (κ1) is 21.0. The Morgan fingerprint density at radius 2 is 1.41 bits per heavy atom. The Kier molecular flexibility index (Phi) is 24.8. The predicted molar refractivity (Wildman–Crippen MR) is 84.4 cm³/mol. The zero-order valence-corrected chi connectivity index (χ0v) is 12.6. The lowest BCUT2D eigenvalue weighted by Gasteiger charge is -1.96. The van der Waals surface area contributed by atoms with E-state index >= 15 is 0 Å². The molecule has 1 rings (SSSR count). The van der Waals surface area contributed by atoms with Crippen LogP contribution >= 0.6 is 0 Å². The molecule has 0 saturated heterocycles. The number of rotatable bonds is 2. The summed E-state index contributed by atoms with van der Waals surface area (Å²) < 4.78 is 0. The van der Waals surface area contributed by atoms with Crippen LogP contribution in [0, 0.1) is 0 Å². The maximum atomic E-state index is 4.18. The third-order valence-corrected chi connectivity index (χ3v) is 1.42. The molecule has 0 aliphatic rings. The molecule has 0 atom stereocenters. The third-order valence-electron chi connectivity index (χ3n) is 1.42. The van der Waals surface area contributed by atoms with E-state index in [-0.39, 0.29) is 0 Å². The molecule has 0 amide bonds. The van der Waals surface area contributed by atoms with Gasteiger partial charge in [-0.25, -0.2) is 0 Å². The molecule has 1 aromatic carbocycles. The van der Waals surface area contributed by atoms with Gasteiger partial charge < -0.3 is 0 Å². The quantitative estimate of drug-likeness (QED) is 0.547. The van der Waals surface area contributed by atoms with E-state index in [0.29, 0.717) is 0 Å². The summed E-state index contributed by atoms with van der Waals surface area (Å²) in [5, 5.41) is 0. The fourth-order valence-electron chi connectivity index (χ4n) is 0.917. The van der Waals surface area contributed by atoms with Gasteiger partial charge in [-0.2, -0.15) is 0 Å². The molecular formula is C16H29N. The molecule has 0 aliphatic heterocycles.